The van der Waals surface area contributed by atoms with Gasteiger partial charge in [0.05, 0.1) is 30.5 Å². The van der Waals surface area contributed by atoms with Gasteiger partial charge < -0.3 is 15.2 Å². The first-order valence-corrected chi connectivity index (χ1v) is 12.5. The summed E-state index contributed by atoms with van der Waals surface area (Å²) >= 11 is 1.28. The van der Waals surface area contributed by atoms with Crippen molar-refractivity contribution in [3.8, 4) is 11.1 Å². The van der Waals surface area contributed by atoms with Crippen LogP contribution in [0.4, 0.5) is 0 Å². The number of pyridine rings is 1. The molecule has 190 valence electrons. The molecule has 8 nitrogen and oxygen atoms in total. The fourth-order valence-corrected chi connectivity index (χ4v) is 4.26. The van der Waals surface area contributed by atoms with Crippen molar-refractivity contribution in [2.45, 2.75) is 31.3 Å². The van der Waals surface area contributed by atoms with E-state index in [1.54, 1.807) is 12.1 Å². The molecule has 1 unspecified atom stereocenters. The third-order valence-electron chi connectivity index (χ3n) is 5.93. The summed E-state index contributed by atoms with van der Waals surface area (Å²) in [6.45, 7) is 8.42. The van der Waals surface area contributed by atoms with Crippen LogP contribution in [0.1, 0.15) is 40.1 Å². The lowest BCUT2D eigenvalue weighted by Gasteiger charge is -2.26. The van der Waals surface area contributed by atoms with E-state index in [0.717, 1.165) is 49.0 Å². The largest absolute Gasteiger partial charge is 0.478 e. The summed E-state index contributed by atoms with van der Waals surface area (Å²) in [4.78, 5) is 28.7. The number of hydrogen-bond acceptors (Lipinski definition) is 7. The number of aromatic nitrogens is 1. The molecule has 2 heterocycles. The first-order chi connectivity index (χ1) is 17.4. The van der Waals surface area contributed by atoms with Crippen LogP contribution in [0.5, 0.6) is 0 Å². The van der Waals surface area contributed by atoms with Crippen LogP contribution >= 0.6 is 11.9 Å². The maximum Gasteiger partial charge on any atom is 0.335 e. The molecule has 0 bridgehead atoms. The molecule has 36 heavy (non-hydrogen) atoms. The predicted octanol–water partition coefficient (Wildman–Crippen LogP) is 4.05. The van der Waals surface area contributed by atoms with Crippen molar-refractivity contribution < 1.29 is 19.4 Å². The normalized spacial score (nSPS) is 14.3. The molecule has 3 aromatic rings. The summed E-state index contributed by atoms with van der Waals surface area (Å²) in [5.41, 5.74) is 5.91. The minimum Gasteiger partial charge on any atom is -0.478 e. The van der Waals surface area contributed by atoms with E-state index in [-0.39, 0.29) is 11.6 Å². The van der Waals surface area contributed by atoms with Crippen LogP contribution in [0, 0.1) is 6.92 Å². The zero-order valence-electron chi connectivity index (χ0n) is 20.5. The minimum atomic E-state index is -0.951. The van der Waals surface area contributed by atoms with E-state index in [9.17, 15) is 9.59 Å². The number of aromatic carboxylic acids is 1. The lowest BCUT2D eigenvalue weighted by atomic mass is 10.0. The Balaban J connectivity index is 0.000000223. The van der Waals surface area contributed by atoms with Gasteiger partial charge in [-0.15, -0.1) is 0 Å². The van der Waals surface area contributed by atoms with Crippen LogP contribution < -0.4 is 10.5 Å². The van der Waals surface area contributed by atoms with Gasteiger partial charge in [0.1, 0.15) is 0 Å². The van der Waals surface area contributed by atoms with Crippen LogP contribution in [-0.2, 0) is 16.1 Å². The van der Waals surface area contributed by atoms with Crippen molar-refractivity contribution >= 4 is 24.3 Å². The standard InChI is InChI=1S/C17H21N3OS.C10H11NO3/c1-13-10-16(22-18)2-3-17(13)14-4-5-19-15(11-14)12-20-6-8-21-9-7-20;1-7(11-6-12)8-2-4-9(5-3-8)10(13)14/h2-5,10-11H,6-9,12,18H2,1H3;2-7H,1H3,(H,11,12)(H,13,14). The van der Waals surface area contributed by atoms with Gasteiger partial charge >= 0.3 is 5.97 Å². The van der Waals surface area contributed by atoms with Gasteiger partial charge in [-0.05, 0) is 84.4 Å². The fraction of sp³-hybridized carbons (Fsp3) is 0.296. The molecule has 4 rings (SSSR count). The second kappa shape index (κ2) is 13.7. The van der Waals surface area contributed by atoms with Crippen molar-refractivity contribution in [1.29, 1.82) is 0 Å². The maximum atomic E-state index is 10.5. The Bertz CT molecular complexity index is 1150. The SMILES string of the molecule is CC(NC=O)c1ccc(C(=O)O)cc1.Cc1cc(SN)ccc1-c1ccnc(CN2CCOCC2)c1. The first-order valence-electron chi connectivity index (χ1n) is 11.7. The highest BCUT2D eigenvalue weighted by molar-refractivity contribution is 7.97. The molecule has 0 aliphatic carbocycles. The number of benzene rings is 2. The summed E-state index contributed by atoms with van der Waals surface area (Å²) in [5, 5.41) is 16.9. The van der Waals surface area contributed by atoms with Crippen molar-refractivity contribution in [2.75, 3.05) is 26.3 Å². The van der Waals surface area contributed by atoms with Crippen molar-refractivity contribution in [3.63, 3.8) is 0 Å². The Labute approximate surface area is 216 Å². The molecule has 0 radical (unpaired) electrons. The molecule has 1 atom stereocenters. The molecule has 1 amide bonds. The number of carboxylic acid groups (broad SMARTS) is 1. The third kappa shape index (κ3) is 7.89. The van der Waals surface area contributed by atoms with Gasteiger partial charge in [-0.1, -0.05) is 18.2 Å². The van der Waals surface area contributed by atoms with E-state index in [0.29, 0.717) is 6.41 Å². The number of ether oxygens (including phenoxy) is 1. The van der Waals surface area contributed by atoms with E-state index in [1.165, 1.54) is 40.8 Å². The smallest absolute Gasteiger partial charge is 0.335 e. The van der Waals surface area contributed by atoms with E-state index in [2.05, 4.69) is 52.5 Å². The van der Waals surface area contributed by atoms with Gasteiger partial charge in [-0.3, -0.25) is 19.8 Å². The van der Waals surface area contributed by atoms with Gasteiger partial charge in [-0.2, -0.15) is 0 Å². The van der Waals surface area contributed by atoms with Gasteiger partial charge in [0.15, 0.2) is 0 Å². The van der Waals surface area contributed by atoms with E-state index in [1.807, 2.05) is 13.1 Å². The molecule has 1 saturated heterocycles. The van der Waals surface area contributed by atoms with Gasteiger partial charge in [0.25, 0.3) is 0 Å². The average molecular weight is 509 g/mol. The number of nitrogens with one attached hydrogen (secondary N) is 1. The lowest BCUT2D eigenvalue weighted by Crippen LogP contribution is -2.35. The molecule has 0 saturated carbocycles. The number of amides is 1. The van der Waals surface area contributed by atoms with Gasteiger partial charge in [0.2, 0.25) is 6.41 Å². The van der Waals surface area contributed by atoms with E-state index >= 15 is 0 Å². The Kier molecular flexibility index (Phi) is 10.4. The van der Waals surface area contributed by atoms with Crippen LogP contribution in [0.15, 0.2) is 65.7 Å². The molecule has 1 aromatic heterocycles. The molecule has 1 aliphatic rings. The first kappa shape index (κ1) is 27.3. The molecular weight excluding hydrogens is 476 g/mol. The fourth-order valence-electron chi connectivity index (χ4n) is 3.87. The van der Waals surface area contributed by atoms with Crippen molar-refractivity contribution in [2.24, 2.45) is 5.14 Å². The highest BCUT2D eigenvalue weighted by Crippen LogP contribution is 2.27. The maximum absolute atomic E-state index is 10.5. The number of carbonyl (C=O) groups is 2. The molecule has 4 N–H and O–H groups in total. The summed E-state index contributed by atoms with van der Waals surface area (Å²) in [6.07, 6.45) is 2.52. The van der Waals surface area contributed by atoms with Crippen LogP contribution in [-0.4, -0.2) is 53.7 Å². The topological polar surface area (TPSA) is 118 Å². The zero-order chi connectivity index (χ0) is 25.9. The number of morpholine rings is 1. The third-order valence-corrected chi connectivity index (χ3v) is 6.45. The van der Waals surface area contributed by atoms with Crippen molar-refractivity contribution in [1.82, 2.24) is 15.2 Å². The number of nitrogens with zero attached hydrogens (tertiary/aromatic N) is 2. The number of nitrogens with two attached hydrogens (primary N) is 1. The highest BCUT2D eigenvalue weighted by atomic mass is 32.2. The van der Waals surface area contributed by atoms with Crippen LogP contribution in [0.2, 0.25) is 0 Å². The van der Waals surface area contributed by atoms with Crippen LogP contribution in [0.25, 0.3) is 11.1 Å². The average Bonchev–Trinajstić information content (AvgIpc) is 2.90. The Morgan fingerprint density at radius 3 is 2.53 bits per heavy atom. The molecule has 0 spiro atoms. The quantitative estimate of drug-likeness (QED) is 0.308. The molecule has 1 fully saturated rings. The van der Waals surface area contributed by atoms with Crippen molar-refractivity contribution in [3.05, 3.63) is 83.2 Å². The van der Waals surface area contributed by atoms with Gasteiger partial charge in [-0.25, -0.2) is 4.79 Å². The number of hydrogen-bond donors (Lipinski definition) is 3. The zero-order valence-corrected chi connectivity index (χ0v) is 21.3. The number of carboxylic acids is 1. The predicted molar refractivity (Wildman–Crippen MR) is 142 cm³/mol. The molecule has 2 aromatic carbocycles. The summed E-state index contributed by atoms with van der Waals surface area (Å²) < 4.78 is 5.39. The van der Waals surface area contributed by atoms with E-state index < -0.39 is 5.97 Å². The molecule has 1 aliphatic heterocycles. The summed E-state index contributed by atoms with van der Waals surface area (Å²) in [5.74, 6) is -0.951. The Morgan fingerprint density at radius 1 is 1.19 bits per heavy atom. The Morgan fingerprint density at radius 2 is 1.92 bits per heavy atom. The monoisotopic (exact) mass is 508 g/mol. The second-order valence-electron chi connectivity index (χ2n) is 8.45. The molecular formula is C27H32N4O4S. The second-order valence-corrected chi connectivity index (χ2v) is 9.16. The van der Waals surface area contributed by atoms with Crippen LogP contribution in [0.3, 0.4) is 0 Å². The summed E-state index contributed by atoms with van der Waals surface area (Å²) in [6, 6.07) is 16.9. The van der Waals surface area contributed by atoms with Gasteiger partial charge in [0, 0.05) is 30.7 Å². The number of aryl methyl sites for hydroxylation is 1. The number of rotatable bonds is 8. The van der Waals surface area contributed by atoms with E-state index in [4.69, 9.17) is 15.0 Å². The highest BCUT2D eigenvalue weighted by Gasteiger charge is 2.12. The summed E-state index contributed by atoms with van der Waals surface area (Å²) in [7, 11) is 0. The lowest BCUT2D eigenvalue weighted by molar-refractivity contribution is -0.110. The number of carbonyl (C=O) groups excluding carboxylic acids is 1. The molecule has 9 heteroatoms. The Hall–Kier alpha value is -3.24. The minimum absolute atomic E-state index is 0.102.